The van der Waals surface area contributed by atoms with E-state index in [2.05, 4.69) is 20.6 Å². The van der Waals surface area contributed by atoms with Gasteiger partial charge in [0.2, 0.25) is 0 Å². The van der Waals surface area contributed by atoms with Gasteiger partial charge in [0.25, 0.3) is 5.56 Å². The highest BCUT2D eigenvalue weighted by Gasteiger charge is 2.17. The van der Waals surface area contributed by atoms with Gasteiger partial charge in [-0.2, -0.15) is 0 Å². The molecule has 0 aliphatic heterocycles. The molecule has 0 aliphatic carbocycles. The second-order valence-electron chi connectivity index (χ2n) is 9.40. The van der Waals surface area contributed by atoms with Crippen molar-refractivity contribution < 1.29 is 18.4 Å². The number of rotatable bonds is 9. The van der Waals surface area contributed by atoms with E-state index in [9.17, 15) is 23.1 Å². The van der Waals surface area contributed by atoms with Gasteiger partial charge >= 0.3 is 6.03 Å². The molecule has 0 radical (unpaired) electrons. The molecule has 0 saturated carbocycles. The zero-order chi connectivity index (χ0) is 29.0. The van der Waals surface area contributed by atoms with Crippen LogP contribution in [0.15, 0.2) is 64.5 Å². The molecular formula is C28H29N6O5S-. The predicted molar refractivity (Wildman–Crippen MR) is 153 cm³/mol. The van der Waals surface area contributed by atoms with Gasteiger partial charge in [0.1, 0.15) is 12.3 Å². The molecule has 0 aliphatic rings. The number of aryl methyl sites for hydroxylation is 2. The Morgan fingerprint density at radius 1 is 1.15 bits per heavy atom. The van der Waals surface area contributed by atoms with E-state index in [1.807, 2.05) is 26.0 Å². The van der Waals surface area contributed by atoms with Crippen LogP contribution in [0.4, 0.5) is 16.2 Å². The van der Waals surface area contributed by atoms with E-state index >= 15 is 0 Å². The quantitative estimate of drug-likeness (QED) is 0.178. The summed E-state index contributed by atoms with van der Waals surface area (Å²) in [6, 6.07) is 12.3. The largest absolute Gasteiger partial charge is 0.768 e. The number of benzene rings is 3. The minimum atomic E-state index is -2.42. The molecule has 2 atom stereocenters. The van der Waals surface area contributed by atoms with Crippen LogP contribution in [0.25, 0.3) is 10.9 Å². The molecule has 4 aromatic rings. The summed E-state index contributed by atoms with van der Waals surface area (Å²) in [5, 5.41) is 6.36. The van der Waals surface area contributed by atoms with Crippen LogP contribution in [-0.4, -0.2) is 43.0 Å². The van der Waals surface area contributed by atoms with E-state index in [-0.39, 0.29) is 23.0 Å². The summed E-state index contributed by atoms with van der Waals surface area (Å²) < 4.78 is 22.7. The standard InChI is InChI=1S/C28H30N6O5S/c1-16-8-18(25(14-35)32-21-4-6-24-22(11-21)27(36)31-15-30-24)9-17(2)23(16)13-34(3)28(37)33-20-5-7-26(40(38)39)19(10-20)12-29/h4-11,14-15,25,32H,12-13,29H2,1-3H3,(H,33,37)(H,38,39)(H,30,31,36)/p-1. The van der Waals surface area contributed by atoms with Gasteiger partial charge in [-0.3, -0.25) is 9.00 Å². The van der Waals surface area contributed by atoms with Crippen LogP contribution >= 0.6 is 0 Å². The summed E-state index contributed by atoms with van der Waals surface area (Å²) in [7, 11) is 1.65. The maximum Gasteiger partial charge on any atom is 0.321 e. The van der Waals surface area contributed by atoms with Gasteiger partial charge in [-0.25, -0.2) is 9.78 Å². The number of H-pyrrole nitrogens is 1. The highest BCUT2D eigenvalue weighted by Crippen LogP contribution is 2.26. The van der Waals surface area contributed by atoms with Crippen LogP contribution in [0.2, 0.25) is 0 Å². The molecule has 0 saturated heterocycles. The van der Waals surface area contributed by atoms with Crippen molar-refractivity contribution in [2.75, 3.05) is 17.7 Å². The van der Waals surface area contributed by atoms with E-state index in [0.717, 1.165) is 28.5 Å². The molecule has 2 unspecified atom stereocenters. The fourth-order valence-corrected chi connectivity index (χ4v) is 5.03. The van der Waals surface area contributed by atoms with Crippen molar-refractivity contribution in [3.8, 4) is 0 Å². The average Bonchev–Trinajstić information content (AvgIpc) is 2.93. The zero-order valence-corrected chi connectivity index (χ0v) is 23.0. The van der Waals surface area contributed by atoms with Crippen molar-refractivity contribution in [1.82, 2.24) is 14.9 Å². The number of carbonyl (C=O) groups is 2. The number of aldehydes is 1. The van der Waals surface area contributed by atoms with Crippen LogP contribution in [0, 0.1) is 13.8 Å². The van der Waals surface area contributed by atoms with Gasteiger partial charge in [-0.1, -0.05) is 12.1 Å². The Balaban J connectivity index is 1.49. The van der Waals surface area contributed by atoms with E-state index in [1.54, 1.807) is 25.2 Å². The maximum atomic E-state index is 12.9. The lowest BCUT2D eigenvalue weighted by atomic mass is 9.95. The second-order valence-corrected chi connectivity index (χ2v) is 10.3. The smallest absolute Gasteiger partial charge is 0.321 e. The van der Waals surface area contributed by atoms with Crippen molar-refractivity contribution in [2.24, 2.45) is 5.73 Å². The SMILES string of the molecule is Cc1cc(C(C=O)Nc2ccc3nc[nH]c(=O)c3c2)cc(C)c1CN(C)C(=O)Nc1ccc(S(=O)[O-])c(CN)c1. The maximum absolute atomic E-state index is 12.9. The Morgan fingerprint density at radius 3 is 2.50 bits per heavy atom. The first-order valence-electron chi connectivity index (χ1n) is 12.3. The van der Waals surface area contributed by atoms with E-state index < -0.39 is 17.1 Å². The van der Waals surface area contributed by atoms with Crippen molar-refractivity contribution in [2.45, 2.75) is 37.9 Å². The van der Waals surface area contributed by atoms with Crippen molar-refractivity contribution in [3.05, 3.63) is 93.0 Å². The highest BCUT2D eigenvalue weighted by molar-refractivity contribution is 7.79. The van der Waals surface area contributed by atoms with Gasteiger partial charge in [-0.05, 0) is 89.1 Å². The summed E-state index contributed by atoms with van der Waals surface area (Å²) in [5.41, 5.74) is 10.8. The number of nitrogens with one attached hydrogen (secondary N) is 3. The molecule has 1 heterocycles. The Kier molecular flexibility index (Phi) is 8.73. The van der Waals surface area contributed by atoms with Crippen LogP contribution in [0.3, 0.4) is 0 Å². The van der Waals surface area contributed by atoms with Crippen LogP contribution < -0.4 is 21.9 Å². The summed E-state index contributed by atoms with van der Waals surface area (Å²) in [5.74, 6) is 0. The van der Waals surface area contributed by atoms with Gasteiger partial charge in [0.05, 0.1) is 17.2 Å². The number of hydrogen-bond donors (Lipinski definition) is 4. The van der Waals surface area contributed by atoms with Crippen LogP contribution in [-0.2, 0) is 29.0 Å². The number of aromatic nitrogens is 2. The number of anilines is 2. The van der Waals surface area contributed by atoms with Crippen molar-refractivity contribution in [1.29, 1.82) is 0 Å². The van der Waals surface area contributed by atoms with Gasteiger partial charge in [-0.15, -0.1) is 0 Å². The first-order valence-corrected chi connectivity index (χ1v) is 13.4. The third kappa shape index (κ3) is 6.25. The van der Waals surface area contributed by atoms with Crippen LogP contribution in [0.5, 0.6) is 0 Å². The number of fused-ring (bicyclic) bond motifs is 1. The van der Waals surface area contributed by atoms with E-state index in [0.29, 0.717) is 34.4 Å². The molecular weight excluding hydrogens is 532 g/mol. The number of hydrogen-bond acceptors (Lipinski definition) is 8. The summed E-state index contributed by atoms with van der Waals surface area (Å²) in [6.45, 7) is 4.14. The molecule has 4 rings (SSSR count). The lowest BCUT2D eigenvalue weighted by Gasteiger charge is -2.23. The first-order chi connectivity index (χ1) is 19.1. The summed E-state index contributed by atoms with van der Waals surface area (Å²) in [6.07, 6.45) is 2.14. The second kappa shape index (κ2) is 12.2. The molecule has 0 spiro atoms. The van der Waals surface area contributed by atoms with Crippen molar-refractivity contribution >= 4 is 45.7 Å². The predicted octanol–water partition coefficient (Wildman–Crippen LogP) is 3.25. The fourth-order valence-electron chi connectivity index (χ4n) is 4.50. The number of amides is 2. The molecule has 208 valence electrons. The highest BCUT2D eigenvalue weighted by atomic mass is 32.2. The van der Waals surface area contributed by atoms with Gasteiger partial charge in [0, 0.05) is 36.4 Å². The molecule has 2 amide bonds. The third-order valence-corrected chi connectivity index (χ3v) is 7.39. The molecule has 0 bridgehead atoms. The first kappa shape index (κ1) is 28.6. The number of nitrogens with zero attached hydrogens (tertiary/aromatic N) is 2. The number of urea groups is 1. The molecule has 40 heavy (non-hydrogen) atoms. The monoisotopic (exact) mass is 561 g/mol. The van der Waals surface area contributed by atoms with Crippen molar-refractivity contribution in [3.63, 3.8) is 0 Å². The lowest BCUT2D eigenvalue weighted by molar-refractivity contribution is -0.108. The topological polar surface area (TPSA) is 173 Å². The van der Waals surface area contributed by atoms with E-state index in [1.165, 1.54) is 29.4 Å². The average molecular weight is 562 g/mol. The zero-order valence-electron chi connectivity index (χ0n) is 22.2. The molecule has 1 aromatic heterocycles. The number of nitrogens with two attached hydrogens (primary N) is 1. The minimum Gasteiger partial charge on any atom is -0.768 e. The van der Waals surface area contributed by atoms with Gasteiger partial charge < -0.3 is 35.6 Å². The molecule has 3 aromatic carbocycles. The third-order valence-electron chi connectivity index (χ3n) is 6.63. The Labute approximate surface area is 233 Å². The Bertz CT molecular complexity index is 1650. The number of carbonyl (C=O) groups excluding carboxylic acids is 2. The summed E-state index contributed by atoms with van der Waals surface area (Å²) >= 11 is -2.42. The van der Waals surface area contributed by atoms with Crippen LogP contribution in [0.1, 0.15) is 33.9 Å². The molecule has 11 nitrogen and oxygen atoms in total. The Hall–Kier alpha value is -4.39. The lowest BCUT2D eigenvalue weighted by Crippen LogP contribution is -2.31. The minimum absolute atomic E-state index is 0.0145. The molecule has 12 heteroatoms. The Morgan fingerprint density at radius 2 is 1.85 bits per heavy atom. The van der Waals surface area contributed by atoms with Gasteiger partial charge in [0.15, 0.2) is 0 Å². The molecule has 0 fully saturated rings. The summed E-state index contributed by atoms with van der Waals surface area (Å²) in [4.78, 5) is 45.3. The number of aromatic amines is 1. The van der Waals surface area contributed by atoms with E-state index in [4.69, 9.17) is 5.73 Å². The normalized spacial score (nSPS) is 12.5. The molecule has 5 N–H and O–H groups in total. The fraction of sp³-hybridized carbons (Fsp3) is 0.214.